The highest BCUT2D eigenvalue weighted by Gasteiger charge is 2.32. The zero-order valence-corrected chi connectivity index (χ0v) is 25.5. The lowest BCUT2D eigenvalue weighted by Gasteiger charge is -2.39. The number of nitrogens with one attached hydrogen (secondary N) is 2. The van der Waals surface area contributed by atoms with E-state index in [4.69, 9.17) is 4.98 Å². The first-order chi connectivity index (χ1) is 21.8. The van der Waals surface area contributed by atoms with Crippen molar-refractivity contribution in [3.8, 4) is 40.5 Å². The van der Waals surface area contributed by atoms with Gasteiger partial charge in [-0.05, 0) is 105 Å². The van der Waals surface area contributed by atoms with Crippen molar-refractivity contribution < 1.29 is 0 Å². The van der Waals surface area contributed by atoms with Gasteiger partial charge in [0, 0.05) is 59.8 Å². The molecule has 9 heteroatoms. The maximum atomic E-state index is 14.2. The number of nitriles is 2. The Morgan fingerprint density at radius 1 is 1.00 bits per heavy atom. The van der Waals surface area contributed by atoms with Crippen LogP contribution in [0, 0.1) is 22.7 Å². The zero-order valence-electron chi connectivity index (χ0n) is 25.5. The molecule has 2 N–H and O–H groups in total. The molecule has 4 aromatic heterocycles. The fourth-order valence-corrected chi connectivity index (χ4v) is 6.70. The maximum Gasteiger partial charge on any atom is 0.280 e. The van der Waals surface area contributed by atoms with E-state index in [-0.39, 0.29) is 11.1 Å². The molecule has 0 atom stereocenters. The molecule has 3 aliphatic rings. The fraction of sp³-hybridized carbons (Fsp3) is 0.361. The van der Waals surface area contributed by atoms with E-state index in [9.17, 15) is 15.3 Å². The van der Waals surface area contributed by atoms with E-state index < -0.39 is 0 Å². The van der Waals surface area contributed by atoms with Crippen LogP contribution in [0.4, 0.5) is 0 Å². The SMILES string of the molecule is Cn1cc(C#N)nc1-c1cc(C#N)ccc1-c1cc(C2CC2)nc(-n2cc(C3CC3)c3cc(CNC4(C)CCC4)[nH]c3c2=O)c1. The summed E-state index contributed by atoms with van der Waals surface area (Å²) in [6.07, 6.45) is 11.7. The van der Waals surface area contributed by atoms with Crippen molar-refractivity contribution in [3.63, 3.8) is 0 Å². The lowest BCUT2D eigenvalue weighted by atomic mass is 9.78. The molecule has 9 nitrogen and oxygen atoms in total. The molecule has 3 saturated carbocycles. The Kier molecular flexibility index (Phi) is 6.30. The van der Waals surface area contributed by atoms with Crippen molar-refractivity contribution >= 4 is 10.9 Å². The first kappa shape index (κ1) is 27.6. The molecule has 0 aliphatic heterocycles. The van der Waals surface area contributed by atoms with Crippen LogP contribution in [0.1, 0.15) is 91.9 Å². The van der Waals surface area contributed by atoms with Crippen LogP contribution in [0.15, 0.2) is 53.6 Å². The number of aromatic nitrogens is 5. The Morgan fingerprint density at radius 2 is 1.80 bits per heavy atom. The summed E-state index contributed by atoms with van der Waals surface area (Å²) < 4.78 is 3.54. The van der Waals surface area contributed by atoms with Crippen LogP contribution >= 0.6 is 0 Å². The van der Waals surface area contributed by atoms with Crippen molar-refractivity contribution in [2.75, 3.05) is 0 Å². The molecule has 4 heterocycles. The summed E-state index contributed by atoms with van der Waals surface area (Å²) >= 11 is 0. The van der Waals surface area contributed by atoms with Gasteiger partial charge in [-0.25, -0.2) is 9.97 Å². The first-order valence-electron chi connectivity index (χ1n) is 15.9. The van der Waals surface area contributed by atoms with Crippen LogP contribution in [0.5, 0.6) is 0 Å². The van der Waals surface area contributed by atoms with Gasteiger partial charge in [0.25, 0.3) is 5.56 Å². The molecule has 3 fully saturated rings. The molecule has 0 spiro atoms. The summed E-state index contributed by atoms with van der Waals surface area (Å²) in [7, 11) is 1.85. The van der Waals surface area contributed by atoms with E-state index in [0.29, 0.717) is 46.8 Å². The minimum atomic E-state index is -0.107. The number of pyridine rings is 2. The van der Waals surface area contributed by atoms with Gasteiger partial charge in [-0.2, -0.15) is 10.5 Å². The van der Waals surface area contributed by atoms with Crippen LogP contribution in [0.25, 0.3) is 39.2 Å². The predicted octanol–water partition coefficient (Wildman–Crippen LogP) is 6.31. The first-order valence-corrected chi connectivity index (χ1v) is 15.9. The summed E-state index contributed by atoms with van der Waals surface area (Å²) in [5.41, 5.74) is 7.21. The normalized spacial score (nSPS) is 17.2. The Labute approximate surface area is 261 Å². The highest BCUT2D eigenvalue weighted by Crippen LogP contribution is 2.44. The lowest BCUT2D eigenvalue weighted by molar-refractivity contribution is 0.206. The van der Waals surface area contributed by atoms with E-state index in [1.54, 1.807) is 16.8 Å². The Bertz CT molecular complexity index is 2140. The van der Waals surface area contributed by atoms with Crippen molar-refractivity contribution in [2.45, 2.75) is 75.8 Å². The molecule has 0 saturated heterocycles. The largest absolute Gasteiger partial charge is 0.353 e. The Hall–Kier alpha value is -4.99. The number of hydrogen-bond donors (Lipinski definition) is 2. The fourth-order valence-electron chi connectivity index (χ4n) is 6.70. The summed E-state index contributed by atoms with van der Waals surface area (Å²) in [5, 5.41) is 23.9. The third-order valence-corrected chi connectivity index (χ3v) is 9.83. The number of rotatable bonds is 8. The number of benzene rings is 1. The Balaban J connectivity index is 1.28. The summed E-state index contributed by atoms with van der Waals surface area (Å²) in [6, 6.07) is 16.1. The molecule has 1 aromatic carbocycles. The third kappa shape index (κ3) is 4.94. The van der Waals surface area contributed by atoms with Crippen molar-refractivity contribution in [1.29, 1.82) is 10.5 Å². The van der Waals surface area contributed by atoms with E-state index in [1.807, 2.05) is 36.0 Å². The molecule has 5 aromatic rings. The number of H-pyrrole nitrogens is 1. The van der Waals surface area contributed by atoms with Gasteiger partial charge in [0.15, 0.2) is 5.69 Å². The maximum absolute atomic E-state index is 14.2. The van der Waals surface area contributed by atoms with E-state index in [1.165, 1.54) is 24.8 Å². The van der Waals surface area contributed by atoms with Crippen molar-refractivity contribution in [2.24, 2.45) is 7.05 Å². The van der Waals surface area contributed by atoms with Gasteiger partial charge in [-0.15, -0.1) is 0 Å². The second kappa shape index (κ2) is 10.3. The molecule has 3 aliphatic carbocycles. The molecular formula is C36H34N8O. The van der Waals surface area contributed by atoms with Gasteiger partial charge >= 0.3 is 0 Å². The minimum absolute atomic E-state index is 0.107. The van der Waals surface area contributed by atoms with Crippen LogP contribution in [-0.2, 0) is 13.6 Å². The van der Waals surface area contributed by atoms with Crippen LogP contribution in [0.2, 0.25) is 0 Å². The molecule has 0 amide bonds. The van der Waals surface area contributed by atoms with Gasteiger partial charge in [-0.3, -0.25) is 9.36 Å². The molecule has 8 rings (SSSR count). The zero-order chi connectivity index (χ0) is 30.9. The number of hydrogen-bond acceptors (Lipinski definition) is 6. The van der Waals surface area contributed by atoms with E-state index >= 15 is 0 Å². The van der Waals surface area contributed by atoms with Gasteiger partial charge in [0.1, 0.15) is 23.2 Å². The summed E-state index contributed by atoms with van der Waals surface area (Å²) in [4.78, 5) is 27.3. The van der Waals surface area contributed by atoms with E-state index in [0.717, 1.165) is 59.1 Å². The van der Waals surface area contributed by atoms with Crippen LogP contribution in [0.3, 0.4) is 0 Å². The van der Waals surface area contributed by atoms with Crippen LogP contribution < -0.4 is 10.9 Å². The average Bonchev–Trinajstić information content (AvgIpc) is 3.98. The third-order valence-electron chi connectivity index (χ3n) is 9.83. The highest BCUT2D eigenvalue weighted by atomic mass is 16.1. The summed E-state index contributed by atoms with van der Waals surface area (Å²) in [6.45, 7) is 2.98. The quantitative estimate of drug-likeness (QED) is 0.217. The molecule has 224 valence electrons. The molecular weight excluding hydrogens is 560 g/mol. The van der Waals surface area contributed by atoms with Crippen molar-refractivity contribution in [3.05, 3.63) is 87.4 Å². The second-order valence-electron chi connectivity index (χ2n) is 13.3. The number of fused-ring (bicyclic) bond motifs is 1. The van der Waals surface area contributed by atoms with Crippen LogP contribution in [-0.4, -0.2) is 29.6 Å². The topological polar surface area (TPSA) is 128 Å². The molecule has 0 bridgehead atoms. The number of aryl methyl sites for hydroxylation is 1. The molecule has 45 heavy (non-hydrogen) atoms. The standard InChI is InChI=1S/C36H34N8O/c1-36(10-3-11-36)39-18-25-15-28-30(22-5-6-22)20-44(35(45)33(28)40-25)32-14-24(13-31(42-32)23-7-8-23)27-9-4-21(16-37)12-29(27)34-41-26(17-38)19-43(34)2/h4,9,12-15,19-20,22-23,39-40H,3,5-8,10-11,18H2,1-2H3. The average molecular weight is 595 g/mol. The Morgan fingerprint density at radius 3 is 2.47 bits per heavy atom. The smallest absolute Gasteiger partial charge is 0.280 e. The monoisotopic (exact) mass is 594 g/mol. The molecule has 0 radical (unpaired) electrons. The number of nitrogens with zero attached hydrogens (tertiary/aromatic N) is 6. The number of imidazole rings is 1. The summed E-state index contributed by atoms with van der Waals surface area (Å²) in [5.74, 6) is 1.98. The number of aromatic amines is 1. The van der Waals surface area contributed by atoms with Gasteiger partial charge < -0.3 is 14.9 Å². The predicted molar refractivity (Wildman–Crippen MR) is 172 cm³/mol. The van der Waals surface area contributed by atoms with E-state index in [2.05, 4.69) is 46.5 Å². The van der Waals surface area contributed by atoms with Gasteiger partial charge in [-0.1, -0.05) is 6.07 Å². The van der Waals surface area contributed by atoms with Crippen molar-refractivity contribution in [1.82, 2.24) is 29.4 Å². The minimum Gasteiger partial charge on any atom is -0.353 e. The van der Waals surface area contributed by atoms with Gasteiger partial charge in [0.2, 0.25) is 0 Å². The lowest BCUT2D eigenvalue weighted by Crippen LogP contribution is -2.47. The molecule has 0 unspecified atom stereocenters. The van der Waals surface area contributed by atoms with Gasteiger partial charge in [0.05, 0.1) is 11.6 Å². The highest BCUT2D eigenvalue weighted by molar-refractivity contribution is 5.85. The second-order valence-corrected chi connectivity index (χ2v) is 13.3.